The zero-order valence-electron chi connectivity index (χ0n) is 14.8. The maximum absolute atomic E-state index is 13.1. The van der Waals surface area contributed by atoms with Gasteiger partial charge in [-0.2, -0.15) is 0 Å². The lowest BCUT2D eigenvalue weighted by molar-refractivity contribution is 0.0694. The minimum Gasteiger partial charge on any atom is -0.353 e. The predicted octanol–water partition coefficient (Wildman–Crippen LogP) is 6.47. The highest BCUT2D eigenvalue weighted by Gasteiger charge is 2.39. The van der Waals surface area contributed by atoms with Crippen LogP contribution in [0.4, 0.5) is 0 Å². The number of rotatable bonds is 0. The molecule has 2 N–H and O–H groups in total. The van der Waals surface area contributed by atoms with Crippen molar-refractivity contribution in [3.05, 3.63) is 54.9 Å². The lowest BCUT2D eigenvalue weighted by Gasteiger charge is -2.03. The number of hydrogen-bond acceptors (Lipinski definition) is 2. The van der Waals surface area contributed by atoms with E-state index in [4.69, 9.17) is 0 Å². The van der Waals surface area contributed by atoms with E-state index in [1.54, 1.807) is 0 Å². The molecule has 142 valence electrons. The molecule has 0 saturated carbocycles. The second kappa shape index (κ2) is 5.71. The summed E-state index contributed by atoms with van der Waals surface area (Å²) in [4.78, 5) is 34.4. The Labute approximate surface area is 188 Å². The Kier molecular flexibility index (Phi) is 3.48. The summed E-state index contributed by atoms with van der Waals surface area (Å²) in [5.41, 5.74) is 4.34. The summed E-state index contributed by atoms with van der Waals surface area (Å²) in [6.07, 6.45) is 0. The van der Waals surface area contributed by atoms with Crippen LogP contribution in [0.15, 0.2) is 43.7 Å². The van der Waals surface area contributed by atoms with Gasteiger partial charge in [-0.3, -0.25) is 14.5 Å². The van der Waals surface area contributed by atoms with Crippen LogP contribution in [0.5, 0.6) is 0 Å². The van der Waals surface area contributed by atoms with Crippen molar-refractivity contribution in [1.82, 2.24) is 14.9 Å². The molecule has 0 radical (unpaired) electrons. The van der Waals surface area contributed by atoms with E-state index >= 15 is 0 Å². The fourth-order valence-electron chi connectivity index (χ4n) is 4.38. The summed E-state index contributed by atoms with van der Waals surface area (Å²) in [6.45, 7) is 0. The predicted molar refractivity (Wildman–Crippen MR) is 125 cm³/mol. The number of halogens is 3. The molecule has 5 aromatic rings. The molecule has 0 bridgehead atoms. The third kappa shape index (κ3) is 2.14. The first-order valence-electron chi connectivity index (χ1n) is 8.76. The molecule has 8 heteroatoms. The highest BCUT2D eigenvalue weighted by Crippen LogP contribution is 2.45. The minimum absolute atomic E-state index is 0.277. The Hall–Kier alpha value is -2.16. The summed E-state index contributed by atoms with van der Waals surface area (Å²) < 4.78 is 2.68. The van der Waals surface area contributed by atoms with Gasteiger partial charge in [0.1, 0.15) is 0 Å². The first-order chi connectivity index (χ1) is 13.9. The summed E-state index contributed by atoms with van der Waals surface area (Å²) in [5, 5.41) is 3.32. The van der Waals surface area contributed by atoms with Crippen molar-refractivity contribution in [1.29, 1.82) is 0 Å². The zero-order valence-corrected chi connectivity index (χ0v) is 19.5. The number of aromatic amines is 2. The summed E-state index contributed by atoms with van der Waals surface area (Å²) in [7, 11) is 1.54. The number of nitrogens with one attached hydrogen (secondary N) is 2. The molecule has 2 aromatic heterocycles. The zero-order chi connectivity index (χ0) is 20.2. The number of amides is 2. The van der Waals surface area contributed by atoms with Gasteiger partial charge in [0.15, 0.2) is 0 Å². The molecule has 3 heterocycles. The fourth-order valence-corrected chi connectivity index (χ4v) is 6.07. The second-order valence-electron chi connectivity index (χ2n) is 7.17. The Balaban J connectivity index is 2.00. The van der Waals surface area contributed by atoms with E-state index in [0.717, 1.165) is 57.0 Å². The highest BCUT2D eigenvalue weighted by molar-refractivity contribution is 9.11. The van der Waals surface area contributed by atoms with Gasteiger partial charge < -0.3 is 9.97 Å². The third-order valence-corrected chi connectivity index (χ3v) is 7.20. The topological polar surface area (TPSA) is 69.0 Å². The van der Waals surface area contributed by atoms with Crippen molar-refractivity contribution in [2.24, 2.45) is 0 Å². The van der Waals surface area contributed by atoms with Crippen LogP contribution < -0.4 is 0 Å². The number of carbonyl (C=O) groups excluding carboxylic acids is 2. The number of nitrogens with zero attached hydrogens (tertiary/aromatic N) is 1. The van der Waals surface area contributed by atoms with Gasteiger partial charge in [0.2, 0.25) is 0 Å². The molecule has 6 rings (SSSR count). The maximum Gasteiger partial charge on any atom is 0.262 e. The molecule has 0 unspecified atom stereocenters. The van der Waals surface area contributed by atoms with E-state index in [1.165, 1.54) is 11.9 Å². The van der Waals surface area contributed by atoms with E-state index in [-0.39, 0.29) is 11.8 Å². The first-order valence-corrected chi connectivity index (χ1v) is 11.1. The van der Waals surface area contributed by atoms with Gasteiger partial charge in [-0.05, 0) is 46.3 Å². The number of carbonyl (C=O) groups is 2. The quantitative estimate of drug-likeness (QED) is 0.208. The molecule has 5 nitrogen and oxygen atoms in total. The molecule has 1 aliphatic heterocycles. The summed E-state index contributed by atoms with van der Waals surface area (Å²) in [6, 6.07) is 9.83. The van der Waals surface area contributed by atoms with Gasteiger partial charge in [0.05, 0.1) is 27.7 Å². The van der Waals surface area contributed by atoms with Crippen LogP contribution in [0.25, 0.3) is 43.6 Å². The molecular weight excluding hydrogens is 566 g/mol. The van der Waals surface area contributed by atoms with E-state index in [9.17, 15) is 9.59 Å². The molecule has 0 aliphatic carbocycles. The van der Waals surface area contributed by atoms with Crippen molar-refractivity contribution in [2.45, 2.75) is 0 Å². The second-order valence-corrected chi connectivity index (χ2v) is 9.86. The number of aromatic nitrogens is 2. The van der Waals surface area contributed by atoms with Crippen LogP contribution in [0.2, 0.25) is 0 Å². The molecule has 29 heavy (non-hydrogen) atoms. The first kappa shape index (κ1) is 17.7. The van der Waals surface area contributed by atoms with Gasteiger partial charge in [0.25, 0.3) is 11.8 Å². The van der Waals surface area contributed by atoms with E-state index in [1.807, 2.05) is 30.3 Å². The number of hydrogen-bond donors (Lipinski definition) is 2. The van der Waals surface area contributed by atoms with Crippen LogP contribution in [0.1, 0.15) is 20.7 Å². The van der Waals surface area contributed by atoms with Gasteiger partial charge in [-0.1, -0.05) is 31.9 Å². The van der Waals surface area contributed by atoms with Crippen LogP contribution in [0, 0.1) is 0 Å². The van der Waals surface area contributed by atoms with Crippen molar-refractivity contribution < 1.29 is 9.59 Å². The standard InChI is InChI=1S/C21H10Br3N3O2/c1-27-20(28)15-13-9-4-7(22)2-3-12(9)25-18(13)19-14(16(15)21(27)29)10-5-8(23)6-11(24)17(10)26-19/h2-6,25-26H,1H3. The summed E-state index contributed by atoms with van der Waals surface area (Å²) >= 11 is 10.7. The molecule has 0 spiro atoms. The van der Waals surface area contributed by atoms with Gasteiger partial charge in [-0.15, -0.1) is 0 Å². The minimum atomic E-state index is -0.279. The normalized spacial score (nSPS) is 14.3. The number of imide groups is 1. The van der Waals surface area contributed by atoms with E-state index < -0.39 is 0 Å². The number of H-pyrrole nitrogens is 2. The SMILES string of the molecule is CN1C(=O)c2c(c3c4cc(Br)cc(Br)c4[nH]c3c3[nH]c4ccc(Br)cc4c23)C1=O. The average molecular weight is 576 g/mol. The fraction of sp³-hybridized carbons (Fsp3) is 0.0476. The average Bonchev–Trinajstić information content (AvgIpc) is 3.29. The molecule has 0 atom stereocenters. The highest BCUT2D eigenvalue weighted by atomic mass is 79.9. The largest absolute Gasteiger partial charge is 0.353 e. The summed E-state index contributed by atoms with van der Waals surface area (Å²) in [5.74, 6) is -0.556. The number of fused-ring (bicyclic) bond motifs is 10. The van der Waals surface area contributed by atoms with Crippen molar-refractivity contribution in [2.75, 3.05) is 7.05 Å². The van der Waals surface area contributed by atoms with Crippen molar-refractivity contribution in [3.63, 3.8) is 0 Å². The Bertz CT molecular complexity index is 1600. The molecule has 1 aliphatic rings. The van der Waals surface area contributed by atoms with Gasteiger partial charge in [-0.25, -0.2) is 0 Å². The van der Waals surface area contributed by atoms with Crippen molar-refractivity contribution in [3.8, 4) is 0 Å². The van der Waals surface area contributed by atoms with Crippen LogP contribution in [0.3, 0.4) is 0 Å². The smallest absolute Gasteiger partial charge is 0.262 e. The maximum atomic E-state index is 13.1. The lowest BCUT2D eigenvalue weighted by Crippen LogP contribution is -2.24. The molecule has 2 amide bonds. The van der Waals surface area contributed by atoms with Crippen molar-refractivity contribution >= 4 is 103 Å². The molecule has 0 fully saturated rings. The monoisotopic (exact) mass is 573 g/mol. The lowest BCUT2D eigenvalue weighted by atomic mass is 9.97. The van der Waals surface area contributed by atoms with Gasteiger partial charge >= 0.3 is 0 Å². The third-order valence-electron chi connectivity index (χ3n) is 5.62. The molecule has 0 saturated heterocycles. The molecular formula is C21H10Br3N3O2. The molecule has 3 aromatic carbocycles. The van der Waals surface area contributed by atoms with Crippen LogP contribution in [-0.4, -0.2) is 33.7 Å². The van der Waals surface area contributed by atoms with E-state index in [2.05, 4.69) is 57.8 Å². The van der Waals surface area contributed by atoms with E-state index in [0.29, 0.717) is 11.1 Å². The van der Waals surface area contributed by atoms with Gasteiger partial charge in [0, 0.05) is 47.5 Å². The number of benzene rings is 3. The van der Waals surface area contributed by atoms with Crippen LogP contribution in [-0.2, 0) is 0 Å². The van der Waals surface area contributed by atoms with Crippen LogP contribution >= 0.6 is 47.8 Å². The Morgan fingerprint density at radius 3 is 2.10 bits per heavy atom. The Morgan fingerprint density at radius 2 is 1.38 bits per heavy atom. The Morgan fingerprint density at radius 1 is 0.759 bits per heavy atom.